The topological polar surface area (TPSA) is 67.6 Å². The van der Waals surface area contributed by atoms with Gasteiger partial charge in [-0.1, -0.05) is 12.1 Å². The minimum absolute atomic E-state index is 0.00902. The van der Waals surface area contributed by atoms with Gasteiger partial charge in [0, 0.05) is 17.4 Å². The molecule has 1 aliphatic heterocycles. The smallest absolute Gasteiger partial charge is 0.246 e. The number of nitrogens with two attached hydrogens (primary N) is 1. The molecule has 3 N–H and O–H groups in total. The zero-order valence-electron chi connectivity index (χ0n) is 15.2. The number of carbonyl (C=O) groups is 1. The third-order valence-electron chi connectivity index (χ3n) is 4.78. The second-order valence-electron chi connectivity index (χ2n) is 6.72. The average molecular weight is 339 g/mol. The highest BCUT2D eigenvalue weighted by Gasteiger charge is 2.30. The first-order valence-corrected chi connectivity index (χ1v) is 8.56. The SMILES string of the molecule is Cc1cccc(NC(=O)C(C)N2CC(C)Oc3cc(N)ccc32)c1C. The Balaban J connectivity index is 1.84. The van der Waals surface area contributed by atoms with Crippen LogP contribution in [0, 0.1) is 13.8 Å². The maximum atomic E-state index is 12.8. The molecule has 25 heavy (non-hydrogen) atoms. The zero-order chi connectivity index (χ0) is 18.1. The summed E-state index contributed by atoms with van der Waals surface area (Å²) < 4.78 is 5.87. The maximum absolute atomic E-state index is 12.8. The van der Waals surface area contributed by atoms with E-state index in [0.717, 1.165) is 28.3 Å². The lowest BCUT2D eigenvalue weighted by Crippen LogP contribution is -2.48. The molecule has 1 amide bonds. The van der Waals surface area contributed by atoms with Crippen LogP contribution in [0.4, 0.5) is 17.1 Å². The number of benzene rings is 2. The van der Waals surface area contributed by atoms with Crippen molar-refractivity contribution in [3.8, 4) is 5.75 Å². The van der Waals surface area contributed by atoms with Gasteiger partial charge in [0.1, 0.15) is 17.9 Å². The Morgan fingerprint density at radius 3 is 2.84 bits per heavy atom. The Morgan fingerprint density at radius 2 is 2.08 bits per heavy atom. The summed E-state index contributed by atoms with van der Waals surface area (Å²) in [6.07, 6.45) is -0.00902. The summed E-state index contributed by atoms with van der Waals surface area (Å²) in [6, 6.07) is 11.2. The predicted octanol–water partition coefficient (Wildman–Crippen LogP) is 3.50. The normalized spacial score (nSPS) is 17.4. The van der Waals surface area contributed by atoms with E-state index >= 15 is 0 Å². The summed E-state index contributed by atoms with van der Waals surface area (Å²) in [4.78, 5) is 14.9. The number of nitrogens with zero attached hydrogens (tertiary/aromatic N) is 1. The van der Waals surface area contributed by atoms with Gasteiger partial charge in [-0.15, -0.1) is 0 Å². The molecule has 2 atom stereocenters. The van der Waals surface area contributed by atoms with Gasteiger partial charge in [-0.2, -0.15) is 0 Å². The highest BCUT2D eigenvalue weighted by molar-refractivity contribution is 5.97. The summed E-state index contributed by atoms with van der Waals surface area (Å²) in [5.74, 6) is 0.690. The molecule has 0 aliphatic carbocycles. The van der Waals surface area contributed by atoms with Gasteiger partial charge in [0.05, 0.1) is 12.2 Å². The first-order valence-electron chi connectivity index (χ1n) is 8.56. The molecule has 1 aliphatic rings. The van der Waals surface area contributed by atoms with Crippen LogP contribution in [0.2, 0.25) is 0 Å². The van der Waals surface area contributed by atoms with Crippen LogP contribution in [0.3, 0.4) is 0 Å². The number of ether oxygens (including phenoxy) is 1. The Bertz CT molecular complexity index is 804. The van der Waals surface area contributed by atoms with Crippen molar-refractivity contribution in [2.45, 2.75) is 39.8 Å². The standard InChI is InChI=1S/C20H25N3O2/c1-12-6-5-7-17(14(12)3)22-20(24)15(4)23-11-13(2)25-19-10-16(21)8-9-18(19)23/h5-10,13,15H,11,21H2,1-4H3,(H,22,24). The maximum Gasteiger partial charge on any atom is 0.246 e. The Labute approximate surface area is 148 Å². The second-order valence-corrected chi connectivity index (χ2v) is 6.72. The van der Waals surface area contributed by atoms with Gasteiger partial charge in [-0.05, 0) is 57.0 Å². The van der Waals surface area contributed by atoms with E-state index < -0.39 is 0 Å². The van der Waals surface area contributed by atoms with Crippen molar-refractivity contribution in [1.82, 2.24) is 0 Å². The van der Waals surface area contributed by atoms with Gasteiger partial charge in [-0.25, -0.2) is 0 Å². The molecule has 0 bridgehead atoms. The van der Waals surface area contributed by atoms with Crippen LogP contribution in [-0.2, 0) is 4.79 Å². The molecule has 1 heterocycles. The molecule has 0 saturated heterocycles. The summed E-state index contributed by atoms with van der Waals surface area (Å²) in [7, 11) is 0. The van der Waals surface area contributed by atoms with Crippen LogP contribution in [0.25, 0.3) is 0 Å². The van der Waals surface area contributed by atoms with E-state index in [1.165, 1.54) is 0 Å². The molecular weight excluding hydrogens is 314 g/mol. The van der Waals surface area contributed by atoms with Crippen LogP contribution < -0.4 is 20.7 Å². The zero-order valence-corrected chi connectivity index (χ0v) is 15.2. The van der Waals surface area contributed by atoms with Gasteiger partial charge < -0.3 is 20.7 Å². The third-order valence-corrected chi connectivity index (χ3v) is 4.78. The molecule has 0 fully saturated rings. The quantitative estimate of drug-likeness (QED) is 0.840. The molecule has 5 nitrogen and oxygen atoms in total. The summed E-state index contributed by atoms with van der Waals surface area (Å²) in [6.45, 7) is 8.62. The van der Waals surface area contributed by atoms with Crippen LogP contribution in [0.15, 0.2) is 36.4 Å². The number of rotatable bonds is 3. The molecule has 2 aromatic carbocycles. The highest BCUT2D eigenvalue weighted by Crippen LogP contribution is 2.36. The minimum atomic E-state index is -0.325. The lowest BCUT2D eigenvalue weighted by Gasteiger charge is -2.38. The predicted molar refractivity (Wildman–Crippen MR) is 102 cm³/mol. The monoisotopic (exact) mass is 339 g/mol. The van der Waals surface area contributed by atoms with Gasteiger partial charge in [0.25, 0.3) is 0 Å². The van der Waals surface area contributed by atoms with Gasteiger partial charge in [0.15, 0.2) is 0 Å². The number of nitrogen functional groups attached to an aromatic ring is 1. The number of aryl methyl sites for hydroxylation is 1. The van der Waals surface area contributed by atoms with E-state index in [1.807, 2.05) is 64.1 Å². The summed E-state index contributed by atoms with van der Waals surface area (Å²) in [5, 5.41) is 3.06. The number of fused-ring (bicyclic) bond motifs is 1. The number of carbonyl (C=O) groups excluding carboxylic acids is 1. The van der Waals surface area contributed by atoms with Crippen molar-refractivity contribution in [2.75, 3.05) is 22.5 Å². The number of hydrogen-bond donors (Lipinski definition) is 2. The van der Waals surface area contributed by atoms with Crippen LogP contribution >= 0.6 is 0 Å². The molecule has 0 aromatic heterocycles. The van der Waals surface area contributed by atoms with Crippen molar-refractivity contribution >= 4 is 23.0 Å². The fraction of sp³-hybridized carbons (Fsp3) is 0.350. The van der Waals surface area contributed by atoms with Crippen molar-refractivity contribution in [2.24, 2.45) is 0 Å². The van der Waals surface area contributed by atoms with Crippen LogP contribution in [0.5, 0.6) is 5.75 Å². The van der Waals surface area contributed by atoms with Crippen molar-refractivity contribution in [3.63, 3.8) is 0 Å². The van der Waals surface area contributed by atoms with Crippen LogP contribution in [-0.4, -0.2) is 24.6 Å². The average Bonchev–Trinajstić information content (AvgIpc) is 2.57. The lowest BCUT2D eigenvalue weighted by molar-refractivity contribution is -0.117. The van der Waals surface area contributed by atoms with E-state index in [1.54, 1.807) is 0 Å². The van der Waals surface area contributed by atoms with Gasteiger partial charge in [0.2, 0.25) is 5.91 Å². The Hall–Kier alpha value is -2.69. The first kappa shape index (κ1) is 17.1. The van der Waals surface area contributed by atoms with Gasteiger partial charge >= 0.3 is 0 Å². The summed E-state index contributed by atoms with van der Waals surface area (Å²) >= 11 is 0. The van der Waals surface area contributed by atoms with E-state index in [4.69, 9.17) is 10.5 Å². The molecule has 2 aromatic rings. The Kier molecular flexibility index (Phi) is 4.57. The van der Waals surface area contributed by atoms with Crippen molar-refractivity contribution < 1.29 is 9.53 Å². The molecule has 5 heteroatoms. The largest absolute Gasteiger partial charge is 0.487 e. The Morgan fingerprint density at radius 1 is 1.32 bits per heavy atom. The second kappa shape index (κ2) is 6.67. The first-order chi connectivity index (χ1) is 11.9. The lowest BCUT2D eigenvalue weighted by atomic mass is 10.1. The minimum Gasteiger partial charge on any atom is -0.487 e. The van der Waals surface area contributed by atoms with E-state index in [2.05, 4.69) is 10.2 Å². The fourth-order valence-corrected chi connectivity index (χ4v) is 3.12. The molecule has 0 saturated carbocycles. The molecule has 3 rings (SSSR count). The molecule has 0 radical (unpaired) electrons. The number of nitrogens with one attached hydrogen (secondary N) is 1. The fourth-order valence-electron chi connectivity index (χ4n) is 3.12. The van der Waals surface area contributed by atoms with Crippen molar-refractivity contribution in [3.05, 3.63) is 47.5 Å². The number of hydrogen-bond acceptors (Lipinski definition) is 4. The highest BCUT2D eigenvalue weighted by atomic mass is 16.5. The van der Waals surface area contributed by atoms with E-state index in [-0.39, 0.29) is 18.1 Å². The van der Waals surface area contributed by atoms with Gasteiger partial charge in [-0.3, -0.25) is 4.79 Å². The van der Waals surface area contributed by atoms with Crippen LogP contribution in [0.1, 0.15) is 25.0 Å². The molecule has 0 spiro atoms. The number of amides is 1. The van der Waals surface area contributed by atoms with E-state index in [9.17, 15) is 4.79 Å². The van der Waals surface area contributed by atoms with E-state index in [0.29, 0.717) is 12.2 Å². The molecular formula is C20H25N3O2. The third kappa shape index (κ3) is 3.40. The molecule has 132 valence electrons. The van der Waals surface area contributed by atoms with Crippen molar-refractivity contribution in [1.29, 1.82) is 0 Å². The molecule has 2 unspecified atom stereocenters. The summed E-state index contributed by atoms with van der Waals surface area (Å²) in [5.41, 5.74) is 10.5. The number of anilines is 3.